The number of anilines is 1. The second-order valence-corrected chi connectivity index (χ2v) is 8.47. The molecule has 0 atom stereocenters. The van der Waals surface area contributed by atoms with Gasteiger partial charge in [0.05, 0.1) is 5.69 Å². The average Bonchev–Trinajstić information content (AvgIpc) is 2.80. The van der Waals surface area contributed by atoms with Crippen molar-refractivity contribution in [3.63, 3.8) is 0 Å². The van der Waals surface area contributed by atoms with Gasteiger partial charge < -0.3 is 0 Å². The van der Waals surface area contributed by atoms with Crippen LogP contribution in [0, 0.1) is 5.82 Å². The first-order chi connectivity index (χ1) is 15.9. The lowest BCUT2D eigenvalue weighted by Crippen LogP contribution is -2.54. The third-order valence-electron chi connectivity index (χ3n) is 5.46. The number of hydrogen-bond acceptors (Lipinski definition) is 3. The fourth-order valence-corrected chi connectivity index (χ4v) is 4.15. The lowest BCUT2D eigenvalue weighted by atomic mass is 9.97. The molecule has 166 valence electrons. The van der Waals surface area contributed by atoms with Crippen LogP contribution in [0.15, 0.2) is 76.8 Å². The van der Waals surface area contributed by atoms with Crippen molar-refractivity contribution < 1.29 is 18.8 Å². The van der Waals surface area contributed by atoms with E-state index in [1.807, 2.05) is 31.2 Å². The Labute approximate surface area is 199 Å². The van der Waals surface area contributed by atoms with Crippen molar-refractivity contribution in [1.29, 1.82) is 0 Å². The van der Waals surface area contributed by atoms with Gasteiger partial charge in [-0.2, -0.15) is 0 Å². The molecule has 1 heterocycles. The second-order valence-electron chi connectivity index (χ2n) is 7.55. The topological polar surface area (TPSA) is 66.5 Å². The number of aryl methyl sites for hydroxylation is 1. The number of benzene rings is 3. The lowest BCUT2D eigenvalue weighted by molar-refractivity contribution is -0.122. The van der Waals surface area contributed by atoms with Gasteiger partial charge in [-0.25, -0.2) is 14.1 Å². The number of carbonyl (C=O) groups is 3. The molecule has 0 spiro atoms. The molecular weight excluding hydrogens is 487 g/mol. The molecule has 1 fully saturated rings. The van der Waals surface area contributed by atoms with E-state index in [-0.39, 0.29) is 17.8 Å². The molecule has 1 aliphatic rings. The quantitative estimate of drug-likeness (QED) is 0.371. The van der Waals surface area contributed by atoms with E-state index in [1.165, 1.54) is 12.1 Å². The van der Waals surface area contributed by atoms with Gasteiger partial charge in [0.1, 0.15) is 11.4 Å². The summed E-state index contributed by atoms with van der Waals surface area (Å²) in [5, 5.41) is 2.26. The number of nitrogens with zero attached hydrogens (tertiary/aromatic N) is 1. The van der Waals surface area contributed by atoms with Crippen LogP contribution < -0.4 is 10.2 Å². The van der Waals surface area contributed by atoms with Crippen molar-refractivity contribution in [3.8, 4) is 0 Å². The molecule has 5 nitrogen and oxygen atoms in total. The standard InChI is InChI=1S/C26H20BrFN2O3/c1-2-16-7-4-6-10-23(16)30-25(32)21(24(31)29-26(30)33)15-19-14-20(27)12-11-17(19)13-18-8-3-5-9-22(18)28/h3-12,14-15H,2,13H2,1H3,(H,29,31,33)/b21-15-. The van der Waals surface area contributed by atoms with Crippen LogP contribution in [0.4, 0.5) is 14.9 Å². The van der Waals surface area contributed by atoms with Gasteiger partial charge >= 0.3 is 6.03 Å². The highest BCUT2D eigenvalue weighted by Crippen LogP contribution is 2.28. The Balaban J connectivity index is 1.77. The summed E-state index contributed by atoms with van der Waals surface area (Å²) < 4.78 is 15.0. The van der Waals surface area contributed by atoms with E-state index in [0.29, 0.717) is 23.2 Å². The Hall–Kier alpha value is -3.58. The molecule has 0 radical (unpaired) electrons. The first kappa shape index (κ1) is 22.6. The molecule has 4 amide bonds. The van der Waals surface area contributed by atoms with E-state index in [4.69, 9.17) is 0 Å². The van der Waals surface area contributed by atoms with E-state index < -0.39 is 17.8 Å². The lowest BCUT2D eigenvalue weighted by Gasteiger charge is -2.28. The maximum Gasteiger partial charge on any atom is 0.335 e. The van der Waals surface area contributed by atoms with Gasteiger partial charge in [-0.05, 0) is 59.0 Å². The molecule has 33 heavy (non-hydrogen) atoms. The monoisotopic (exact) mass is 506 g/mol. The van der Waals surface area contributed by atoms with Crippen LogP contribution in [0.25, 0.3) is 6.08 Å². The Morgan fingerprint density at radius 2 is 1.64 bits per heavy atom. The summed E-state index contributed by atoms with van der Waals surface area (Å²) in [5.41, 5.74) is 2.86. The Morgan fingerprint density at radius 3 is 2.36 bits per heavy atom. The Morgan fingerprint density at radius 1 is 0.939 bits per heavy atom. The van der Waals surface area contributed by atoms with Crippen LogP contribution in [0.1, 0.15) is 29.2 Å². The number of amides is 4. The van der Waals surface area contributed by atoms with Gasteiger partial charge in [0, 0.05) is 10.9 Å². The smallest absolute Gasteiger partial charge is 0.273 e. The Kier molecular flexibility index (Phi) is 6.51. The van der Waals surface area contributed by atoms with Gasteiger partial charge in [0.25, 0.3) is 11.8 Å². The molecule has 0 unspecified atom stereocenters. The van der Waals surface area contributed by atoms with E-state index in [2.05, 4.69) is 21.2 Å². The fraction of sp³-hybridized carbons (Fsp3) is 0.115. The summed E-state index contributed by atoms with van der Waals surface area (Å²) in [6.07, 6.45) is 2.33. The van der Waals surface area contributed by atoms with Crippen molar-refractivity contribution >= 4 is 45.5 Å². The van der Waals surface area contributed by atoms with Crippen molar-refractivity contribution in [2.24, 2.45) is 0 Å². The number of urea groups is 1. The van der Waals surface area contributed by atoms with E-state index in [0.717, 1.165) is 20.5 Å². The predicted molar refractivity (Wildman–Crippen MR) is 128 cm³/mol. The van der Waals surface area contributed by atoms with Crippen LogP contribution in [0.5, 0.6) is 0 Å². The first-order valence-corrected chi connectivity index (χ1v) is 11.2. The number of para-hydroxylation sites is 1. The van der Waals surface area contributed by atoms with Crippen LogP contribution in [0.2, 0.25) is 0 Å². The number of hydrogen-bond donors (Lipinski definition) is 1. The highest BCUT2D eigenvalue weighted by molar-refractivity contribution is 9.10. The van der Waals surface area contributed by atoms with Crippen molar-refractivity contribution in [2.75, 3.05) is 4.90 Å². The van der Waals surface area contributed by atoms with Crippen LogP contribution in [-0.4, -0.2) is 17.8 Å². The minimum Gasteiger partial charge on any atom is -0.273 e. The van der Waals surface area contributed by atoms with E-state index in [9.17, 15) is 18.8 Å². The fourth-order valence-electron chi connectivity index (χ4n) is 3.77. The van der Waals surface area contributed by atoms with Gasteiger partial charge in [0.2, 0.25) is 0 Å². The summed E-state index contributed by atoms with van der Waals surface area (Å²) in [6.45, 7) is 1.92. The third kappa shape index (κ3) is 4.64. The third-order valence-corrected chi connectivity index (χ3v) is 5.95. The molecule has 0 aliphatic carbocycles. The molecule has 4 rings (SSSR count). The molecule has 0 bridgehead atoms. The van der Waals surface area contributed by atoms with Crippen molar-refractivity contribution in [3.05, 3.63) is 105 Å². The zero-order chi connectivity index (χ0) is 23.5. The van der Waals surface area contributed by atoms with E-state index >= 15 is 0 Å². The second kappa shape index (κ2) is 9.50. The van der Waals surface area contributed by atoms with Gasteiger partial charge in [-0.3, -0.25) is 14.9 Å². The molecule has 0 saturated carbocycles. The molecule has 1 saturated heterocycles. The first-order valence-electron chi connectivity index (χ1n) is 10.4. The van der Waals surface area contributed by atoms with Crippen LogP contribution >= 0.6 is 15.9 Å². The molecule has 3 aromatic carbocycles. The SMILES string of the molecule is CCc1ccccc1N1C(=O)NC(=O)/C(=C/c2cc(Br)ccc2Cc2ccccc2F)C1=O. The molecular formula is C26H20BrFN2O3. The normalized spacial score (nSPS) is 15.2. The minimum atomic E-state index is -0.788. The number of nitrogens with one attached hydrogen (secondary N) is 1. The number of carbonyl (C=O) groups excluding carboxylic acids is 3. The largest absolute Gasteiger partial charge is 0.335 e. The summed E-state index contributed by atoms with van der Waals surface area (Å²) in [5.74, 6) is -1.81. The minimum absolute atomic E-state index is 0.173. The van der Waals surface area contributed by atoms with E-state index in [1.54, 1.807) is 36.4 Å². The van der Waals surface area contributed by atoms with Gasteiger partial charge in [-0.15, -0.1) is 0 Å². The van der Waals surface area contributed by atoms with Crippen molar-refractivity contribution in [2.45, 2.75) is 19.8 Å². The summed E-state index contributed by atoms with van der Waals surface area (Å²) >= 11 is 3.41. The highest BCUT2D eigenvalue weighted by atomic mass is 79.9. The molecule has 0 aromatic heterocycles. The Bertz CT molecular complexity index is 1300. The number of halogens is 2. The van der Waals surface area contributed by atoms with Gasteiger partial charge in [-0.1, -0.05) is 65.3 Å². The molecule has 1 aliphatic heterocycles. The van der Waals surface area contributed by atoms with Crippen LogP contribution in [0.3, 0.4) is 0 Å². The number of barbiturate groups is 1. The summed E-state index contributed by atoms with van der Waals surface area (Å²) in [7, 11) is 0. The maximum absolute atomic E-state index is 14.2. The summed E-state index contributed by atoms with van der Waals surface area (Å²) in [4.78, 5) is 39.5. The molecule has 3 aromatic rings. The zero-order valence-electron chi connectivity index (χ0n) is 17.8. The number of rotatable bonds is 5. The maximum atomic E-state index is 14.2. The molecule has 1 N–H and O–H groups in total. The molecule has 7 heteroatoms. The highest BCUT2D eigenvalue weighted by Gasteiger charge is 2.37. The van der Waals surface area contributed by atoms with Gasteiger partial charge in [0.15, 0.2) is 0 Å². The zero-order valence-corrected chi connectivity index (χ0v) is 19.4. The van der Waals surface area contributed by atoms with Crippen molar-refractivity contribution in [1.82, 2.24) is 5.32 Å². The number of imide groups is 2. The van der Waals surface area contributed by atoms with Crippen LogP contribution in [-0.2, 0) is 22.4 Å². The average molecular weight is 507 g/mol. The summed E-state index contributed by atoms with van der Waals surface area (Å²) in [6, 6.07) is 18.1. The predicted octanol–water partition coefficient (Wildman–Crippen LogP) is 5.41.